The molecule has 3 heteroatoms. The second-order valence-electron chi connectivity index (χ2n) is 10.4. The first-order valence-electron chi connectivity index (χ1n) is 11.5. The zero-order valence-electron chi connectivity index (χ0n) is 19.4. The van der Waals surface area contributed by atoms with Crippen LogP contribution in [0.4, 0.5) is 0 Å². The van der Waals surface area contributed by atoms with Gasteiger partial charge in [-0.05, 0) is 49.0 Å². The number of carboxylic acid groups (broad SMARTS) is 1. The van der Waals surface area contributed by atoms with Gasteiger partial charge in [0.2, 0.25) is 0 Å². The number of aliphatic hydroxyl groups excluding tert-OH is 1. The van der Waals surface area contributed by atoms with Crippen LogP contribution in [0.1, 0.15) is 104 Å². The van der Waals surface area contributed by atoms with Gasteiger partial charge in [0.1, 0.15) is 0 Å². The van der Waals surface area contributed by atoms with E-state index >= 15 is 0 Å². The molecule has 1 aromatic carbocycles. The van der Waals surface area contributed by atoms with E-state index in [-0.39, 0.29) is 11.5 Å². The van der Waals surface area contributed by atoms with Crippen LogP contribution in [0.3, 0.4) is 0 Å². The molecule has 0 aromatic heterocycles. The topological polar surface area (TPSA) is 57.5 Å². The van der Waals surface area contributed by atoms with Crippen molar-refractivity contribution < 1.29 is 15.0 Å². The van der Waals surface area contributed by atoms with Crippen molar-refractivity contribution in [2.45, 2.75) is 110 Å². The second-order valence-corrected chi connectivity index (χ2v) is 10.4. The van der Waals surface area contributed by atoms with Crippen LogP contribution in [-0.2, 0) is 10.2 Å². The molecule has 1 rings (SSSR count). The maximum Gasteiger partial charge on any atom is 0.314 e. The van der Waals surface area contributed by atoms with Gasteiger partial charge >= 0.3 is 5.97 Å². The first kappa shape index (κ1) is 25.7. The summed E-state index contributed by atoms with van der Waals surface area (Å²) in [6, 6.07) is 9.65. The molecule has 0 radical (unpaired) electrons. The van der Waals surface area contributed by atoms with E-state index < -0.39 is 11.4 Å². The maximum atomic E-state index is 12.4. The largest absolute Gasteiger partial charge is 0.481 e. The molecule has 29 heavy (non-hydrogen) atoms. The van der Waals surface area contributed by atoms with Crippen molar-refractivity contribution in [3.05, 3.63) is 35.9 Å². The predicted octanol–water partition coefficient (Wildman–Crippen LogP) is 6.97. The Bertz CT molecular complexity index is 573. The van der Waals surface area contributed by atoms with Gasteiger partial charge in [0.05, 0.1) is 11.5 Å². The van der Waals surface area contributed by atoms with Crippen LogP contribution in [0.5, 0.6) is 0 Å². The molecule has 1 aromatic rings. The Morgan fingerprint density at radius 3 is 1.97 bits per heavy atom. The number of aliphatic hydroxyl groups is 1. The van der Waals surface area contributed by atoms with Crippen molar-refractivity contribution in [1.29, 1.82) is 0 Å². The molecule has 2 unspecified atom stereocenters. The molecule has 2 N–H and O–H groups in total. The summed E-state index contributed by atoms with van der Waals surface area (Å²) < 4.78 is 0. The Hall–Kier alpha value is -1.35. The Labute approximate surface area is 178 Å². The Balaban J connectivity index is 2.59. The second kappa shape index (κ2) is 12.4. The van der Waals surface area contributed by atoms with E-state index in [0.29, 0.717) is 19.3 Å². The maximum absolute atomic E-state index is 12.4. The fraction of sp³-hybridized carbons (Fsp3) is 0.731. The quantitative estimate of drug-likeness (QED) is 0.329. The summed E-state index contributed by atoms with van der Waals surface area (Å²) in [5.74, 6) is 0.0195. The van der Waals surface area contributed by atoms with Crippen molar-refractivity contribution >= 4 is 5.97 Å². The van der Waals surface area contributed by atoms with Gasteiger partial charge in [-0.3, -0.25) is 4.79 Å². The first-order valence-corrected chi connectivity index (χ1v) is 11.5. The average Bonchev–Trinajstić information content (AvgIpc) is 2.63. The van der Waals surface area contributed by atoms with E-state index in [9.17, 15) is 15.0 Å². The predicted molar refractivity (Wildman–Crippen MR) is 122 cm³/mol. The molecule has 0 saturated carbocycles. The number of unbranched alkanes of at least 4 members (excludes halogenated alkanes) is 3. The van der Waals surface area contributed by atoms with Crippen LogP contribution in [0.15, 0.2) is 30.3 Å². The van der Waals surface area contributed by atoms with Crippen LogP contribution < -0.4 is 0 Å². The summed E-state index contributed by atoms with van der Waals surface area (Å²) in [5, 5.41) is 20.6. The van der Waals surface area contributed by atoms with Crippen LogP contribution in [0, 0.1) is 11.3 Å². The molecule has 0 saturated heterocycles. The van der Waals surface area contributed by atoms with Gasteiger partial charge in [0, 0.05) is 0 Å². The Morgan fingerprint density at radius 1 is 0.897 bits per heavy atom. The van der Waals surface area contributed by atoms with Gasteiger partial charge in [0.15, 0.2) is 0 Å². The summed E-state index contributed by atoms with van der Waals surface area (Å²) >= 11 is 0. The van der Waals surface area contributed by atoms with Crippen LogP contribution in [-0.4, -0.2) is 22.3 Å². The minimum Gasteiger partial charge on any atom is -0.481 e. The minimum absolute atomic E-state index is 0.0944. The lowest BCUT2D eigenvalue weighted by atomic mass is 9.67. The van der Waals surface area contributed by atoms with Crippen molar-refractivity contribution in [1.82, 2.24) is 0 Å². The number of carbonyl (C=O) groups is 1. The molecule has 0 aliphatic carbocycles. The van der Waals surface area contributed by atoms with Crippen LogP contribution >= 0.6 is 0 Å². The summed E-state index contributed by atoms with van der Waals surface area (Å²) in [6.07, 6.45) is 9.10. The third kappa shape index (κ3) is 9.80. The highest BCUT2D eigenvalue weighted by atomic mass is 16.4. The molecule has 0 fully saturated rings. The van der Waals surface area contributed by atoms with E-state index in [1.807, 2.05) is 30.3 Å². The number of aliphatic carboxylic acids is 1. The standard InChI is InChI=1S/C26H44O3/c1-21(2)14-9-6-7-12-17-23(27)18-13-19-26(24(28)29,20-25(3,4)5)22-15-10-8-11-16-22/h8,10-11,15-16,21,23,27H,6-7,9,12-14,17-20H2,1-5H3,(H,28,29). The van der Waals surface area contributed by atoms with E-state index in [4.69, 9.17) is 0 Å². The summed E-state index contributed by atoms with van der Waals surface area (Å²) in [4.78, 5) is 12.4. The fourth-order valence-corrected chi connectivity index (χ4v) is 4.37. The van der Waals surface area contributed by atoms with E-state index in [1.54, 1.807) is 0 Å². The smallest absolute Gasteiger partial charge is 0.314 e. The Morgan fingerprint density at radius 2 is 1.45 bits per heavy atom. The van der Waals surface area contributed by atoms with Crippen LogP contribution in [0.25, 0.3) is 0 Å². The molecule has 3 nitrogen and oxygen atoms in total. The van der Waals surface area contributed by atoms with Gasteiger partial charge in [0.25, 0.3) is 0 Å². The molecule has 166 valence electrons. The minimum atomic E-state index is -0.893. The number of hydrogen-bond acceptors (Lipinski definition) is 2. The normalized spacial score (nSPS) is 15.3. The molecular formula is C26H44O3. The lowest BCUT2D eigenvalue weighted by molar-refractivity contribution is -0.145. The molecular weight excluding hydrogens is 360 g/mol. The molecule has 0 heterocycles. The molecule has 0 aliphatic rings. The molecule has 2 atom stereocenters. The number of carboxylic acids is 1. The highest BCUT2D eigenvalue weighted by Crippen LogP contribution is 2.41. The average molecular weight is 405 g/mol. The van der Waals surface area contributed by atoms with Crippen molar-refractivity contribution in [3.63, 3.8) is 0 Å². The third-order valence-electron chi connectivity index (χ3n) is 5.78. The molecule has 0 spiro atoms. The zero-order valence-corrected chi connectivity index (χ0v) is 19.4. The SMILES string of the molecule is CC(C)CCCCCCC(O)CCCC(CC(C)(C)C)(C(=O)O)c1ccccc1. The molecule has 0 bridgehead atoms. The third-order valence-corrected chi connectivity index (χ3v) is 5.78. The number of rotatable bonds is 14. The van der Waals surface area contributed by atoms with E-state index in [0.717, 1.165) is 30.7 Å². The van der Waals surface area contributed by atoms with Gasteiger partial charge in [-0.2, -0.15) is 0 Å². The van der Waals surface area contributed by atoms with Gasteiger partial charge < -0.3 is 10.2 Å². The number of hydrogen-bond donors (Lipinski definition) is 2. The van der Waals surface area contributed by atoms with Crippen LogP contribution in [0.2, 0.25) is 0 Å². The van der Waals surface area contributed by atoms with Crippen molar-refractivity contribution in [2.75, 3.05) is 0 Å². The van der Waals surface area contributed by atoms with Crippen molar-refractivity contribution in [3.8, 4) is 0 Å². The van der Waals surface area contributed by atoms with Gasteiger partial charge in [-0.25, -0.2) is 0 Å². The summed E-state index contributed by atoms with van der Waals surface area (Å²) in [6.45, 7) is 10.8. The molecule has 0 amide bonds. The van der Waals surface area contributed by atoms with Crippen molar-refractivity contribution in [2.24, 2.45) is 11.3 Å². The summed E-state index contributed by atoms with van der Waals surface area (Å²) in [7, 11) is 0. The lowest BCUT2D eigenvalue weighted by Gasteiger charge is -2.36. The first-order chi connectivity index (χ1) is 13.6. The lowest BCUT2D eigenvalue weighted by Crippen LogP contribution is -2.39. The van der Waals surface area contributed by atoms with E-state index in [2.05, 4.69) is 34.6 Å². The summed E-state index contributed by atoms with van der Waals surface area (Å²) in [5.41, 5.74) is -0.110. The van der Waals surface area contributed by atoms with Gasteiger partial charge in [-0.1, -0.05) is 97.1 Å². The molecule has 0 aliphatic heterocycles. The number of benzene rings is 1. The highest BCUT2D eigenvalue weighted by Gasteiger charge is 2.42. The monoisotopic (exact) mass is 404 g/mol. The zero-order chi connectivity index (χ0) is 21.9. The fourth-order valence-electron chi connectivity index (χ4n) is 4.37. The van der Waals surface area contributed by atoms with Gasteiger partial charge in [-0.15, -0.1) is 0 Å². The van der Waals surface area contributed by atoms with E-state index in [1.165, 1.54) is 25.7 Å². The highest BCUT2D eigenvalue weighted by molar-refractivity contribution is 5.81. The Kier molecular flexibility index (Phi) is 11.0.